The van der Waals surface area contributed by atoms with Gasteiger partial charge in [-0.15, -0.1) is 0 Å². The summed E-state index contributed by atoms with van der Waals surface area (Å²) in [4.78, 5) is 24.4. The van der Waals surface area contributed by atoms with Crippen LogP contribution in [0, 0.1) is 23.5 Å². The lowest BCUT2D eigenvalue weighted by atomic mass is 9.97. The van der Waals surface area contributed by atoms with Gasteiger partial charge >= 0.3 is 0 Å². The molecule has 1 amide bonds. The van der Waals surface area contributed by atoms with Gasteiger partial charge in [0, 0.05) is 36.2 Å². The number of halogens is 2. The van der Waals surface area contributed by atoms with Gasteiger partial charge in [-0.25, -0.2) is 18.7 Å². The van der Waals surface area contributed by atoms with Crippen LogP contribution in [0.5, 0.6) is 5.75 Å². The van der Waals surface area contributed by atoms with Crippen LogP contribution in [0.25, 0.3) is 0 Å². The van der Waals surface area contributed by atoms with Crippen molar-refractivity contribution in [2.24, 2.45) is 11.8 Å². The number of carbonyl (C=O) groups excluding carboxylic acids is 1. The Bertz CT molecular complexity index is 1120. The second-order valence-electron chi connectivity index (χ2n) is 10.2. The number of fused-ring (bicyclic) bond motifs is 1. The van der Waals surface area contributed by atoms with Crippen molar-refractivity contribution in [1.29, 1.82) is 0 Å². The molecule has 2 atom stereocenters. The molecular formula is C26H32F2N4O3. The first kappa shape index (κ1) is 23.9. The van der Waals surface area contributed by atoms with E-state index in [1.807, 2.05) is 25.7 Å². The van der Waals surface area contributed by atoms with Crippen molar-refractivity contribution in [1.82, 2.24) is 9.97 Å². The van der Waals surface area contributed by atoms with Crippen molar-refractivity contribution >= 4 is 17.5 Å². The summed E-state index contributed by atoms with van der Waals surface area (Å²) in [5, 5.41) is 2.62. The fourth-order valence-electron chi connectivity index (χ4n) is 5.40. The molecule has 2 aromatic rings. The van der Waals surface area contributed by atoms with E-state index in [1.165, 1.54) is 6.42 Å². The lowest BCUT2D eigenvalue weighted by molar-refractivity contribution is -0.0175. The third kappa shape index (κ3) is 4.58. The molecule has 1 saturated heterocycles. The molecule has 188 valence electrons. The van der Waals surface area contributed by atoms with Crippen molar-refractivity contribution in [2.75, 3.05) is 30.4 Å². The summed E-state index contributed by atoms with van der Waals surface area (Å²) >= 11 is 0. The van der Waals surface area contributed by atoms with Crippen LogP contribution >= 0.6 is 0 Å². The Morgan fingerprint density at radius 2 is 1.77 bits per heavy atom. The molecule has 0 spiro atoms. The minimum atomic E-state index is -0.825. The topological polar surface area (TPSA) is 76.6 Å². The molecule has 9 heteroatoms. The monoisotopic (exact) mass is 486 g/mol. The number of hydrogen-bond acceptors (Lipinski definition) is 6. The van der Waals surface area contributed by atoms with Gasteiger partial charge in [-0.2, -0.15) is 0 Å². The normalized spacial score (nSPS) is 24.1. The molecule has 35 heavy (non-hydrogen) atoms. The van der Waals surface area contributed by atoms with E-state index in [1.54, 1.807) is 7.11 Å². The smallest absolute Gasteiger partial charge is 0.274 e. The van der Waals surface area contributed by atoms with Crippen molar-refractivity contribution in [2.45, 2.75) is 64.6 Å². The quantitative estimate of drug-likeness (QED) is 0.591. The molecule has 2 heterocycles. The molecule has 2 aliphatic carbocycles. The fourth-order valence-corrected chi connectivity index (χ4v) is 5.40. The number of carbonyl (C=O) groups is 1. The van der Waals surface area contributed by atoms with E-state index in [-0.39, 0.29) is 28.8 Å². The minimum Gasteiger partial charge on any atom is -0.484 e. The predicted octanol–water partition coefficient (Wildman–Crippen LogP) is 4.53. The third-order valence-electron chi connectivity index (χ3n) is 7.55. The molecule has 3 fully saturated rings. The Morgan fingerprint density at radius 3 is 2.34 bits per heavy atom. The summed E-state index contributed by atoms with van der Waals surface area (Å²) in [6.07, 6.45) is 3.93. The summed E-state index contributed by atoms with van der Waals surface area (Å²) in [7, 11) is 1.67. The van der Waals surface area contributed by atoms with E-state index in [4.69, 9.17) is 9.47 Å². The highest BCUT2D eigenvalue weighted by molar-refractivity contribution is 6.04. The number of nitrogens with zero attached hydrogens (tertiary/aromatic N) is 3. The van der Waals surface area contributed by atoms with Gasteiger partial charge in [0.25, 0.3) is 5.91 Å². The highest BCUT2D eigenvalue weighted by Gasteiger charge is 2.47. The number of rotatable bonds is 8. The average molecular weight is 487 g/mol. The Hall–Kier alpha value is -2.81. The summed E-state index contributed by atoms with van der Waals surface area (Å²) in [6, 6.07) is 2.19. The number of aromatic nitrogens is 2. The Labute approximate surface area is 204 Å². The van der Waals surface area contributed by atoms with Crippen molar-refractivity contribution in [3.8, 4) is 5.75 Å². The molecule has 0 bridgehead atoms. The van der Waals surface area contributed by atoms with Gasteiger partial charge in [0.05, 0.1) is 19.2 Å². The highest BCUT2D eigenvalue weighted by Crippen LogP contribution is 2.52. The van der Waals surface area contributed by atoms with Gasteiger partial charge in [0.15, 0.2) is 17.4 Å². The van der Waals surface area contributed by atoms with Crippen LogP contribution in [0.4, 0.5) is 20.4 Å². The number of methoxy groups -OCH3 is 1. The molecule has 5 rings (SSSR count). The van der Waals surface area contributed by atoms with Crippen LogP contribution in [-0.4, -0.2) is 47.8 Å². The van der Waals surface area contributed by atoms with Crippen LogP contribution in [0.3, 0.4) is 0 Å². The maximum Gasteiger partial charge on any atom is 0.274 e. The Kier molecular flexibility index (Phi) is 6.15. The zero-order valence-corrected chi connectivity index (χ0v) is 20.7. The van der Waals surface area contributed by atoms with E-state index < -0.39 is 17.5 Å². The largest absolute Gasteiger partial charge is 0.484 e. The lowest BCUT2D eigenvalue weighted by Crippen LogP contribution is -2.61. The van der Waals surface area contributed by atoms with E-state index in [0.29, 0.717) is 43.7 Å². The average Bonchev–Trinajstić information content (AvgIpc) is 3.43. The molecule has 1 aliphatic heterocycles. The molecular weight excluding hydrogens is 454 g/mol. The van der Waals surface area contributed by atoms with Gasteiger partial charge < -0.3 is 19.7 Å². The lowest BCUT2D eigenvalue weighted by Gasteiger charge is -2.46. The van der Waals surface area contributed by atoms with Crippen LogP contribution < -0.4 is 15.0 Å². The number of benzene rings is 1. The second kappa shape index (κ2) is 9.00. The summed E-state index contributed by atoms with van der Waals surface area (Å²) in [5.74, 6) is -0.819. The van der Waals surface area contributed by atoms with E-state index in [0.717, 1.165) is 36.2 Å². The van der Waals surface area contributed by atoms with Gasteiger partial charge in [-0.1, -0.05) is 13.8 Å². The van der Waals surface area contributed by atoms with Crippen LogP contribution in [0.15, 0.2) is 12.1 Å². The second-order valence-corrected chi connectivity index (χ2v) is 10.2. The zero-order valence-electron chi connectivity index (χ0n) is 20.7. The number of nitrogens with one attached hydrogen (secondary N) is 1. The van der Waals surface area contributed by atoms with Gasteiger partial charge in [0.1, 0.15) is 11.3 Å². The molecule has 3 aliphatic rings. The number of aryl methyl sites for hydroxylation is 1. The van der Waals surface area contributed by atoms with Crippen molar-refractivity contribution < 1.29 is 23.0 Å². The number of amides is 1. The van der Waals surface area contributed by atoms with E-state index in [2.05, 4.69) is 15.3 Å². The maximum absolute atomic E-state index is 14.8. The standard InChI is InChI=1S/C26H32F2N4O3/c1-5-18-21(6-2)30-25(32-12-26(3,13-32)34-4)31-22(18)24(33)29-16-10-19(27)23(20(28)11-16)35-17-8-14-7-15(14)9-17/h10-11,14-15,17H,5-9,12-13H2,1-4H3,(H,29,33). The van der Waals surface area contributed by atoms with Crippen LogP contribution in [-0.2, 0) is 17.6 Å². The summed E-state index contributed by atoms with van der Waals surface area (Å²) in [6.45, 7) is 7.13. The molecule has 1 aromatic heterocycles. The Morgan fingerprint density at radius 1 is 1.11 bits per heavy atom. The number of anilines is 2. The molecule has 0 radical (unpaired) electrons. The molecule has 7 nitrogen and oxygen atoms in total. The number of ether oxygens (including phenoxy) is 2. The Balaban J connectivity index is 1.36. The molecule has 2 unspecified atom stereocenters. The van der Waals surface area contributed by atoms with Gasteiger partial charge in [-0.05, 0) is 50.9 Å². The summed E-state index contributed by atoms with van der Waals surface area (Å²) < 4.78 is 40.7. The van der Waals surface area contributed by atoms with Gasteiger partial charge in [-0.3, -0.25) is 4.79 Å². The SMILES string of the molecule is CCc1nc(N2CC(C)(OC)C2)nc(C(=O)Nc2cc(F)c(OC3CC4CC4C3)c(F)c2)c1CC. The molecule has 1 aromatic carbocycles. The molecule has 2 saturated carbocycles. The van der Waals surface area contributed by atoms with E-state index in [9.17, 15) is 13.6 Å². The third-order valence-corrected chi connectivity index (χ3v) is 7.55. The van der Waals surface area contributed by atoms with Crippen molar-refractivity contribution in [3.63, 3.8) is 0 Å². The first-order valence-electron chi connectivity index (χ1n) is 12.4. The summed E-state index contributed by atoms with van der Waals surface area (Å²) in [5.41, 5.74) is 1.46. The first-order valence-corrected chi connectivity index (χ1v) is 12.4. The van der Waals surface area contributed by atoms with Crippen LogP contribution in [0.2, 0.25) is 0 Å². The van der Waals surface area contributed by atoms with Crippen molar-refractivity contribution in [3.05, 3.63) is 40.7 Å². The van der Waals surface area contributed by atoms with Crippen LogP contribution in [0.1, 0.15) is 61.8 Å². The number of hydrogen-bond donors (Lipinski definition) is 1. The van der Waals surface area contributed by atoms with Gasteiger partial charge in [0.2, 0.25) is 5.95 Å². The zero-order chi connectivity index (χ0) is 24.9. The molecule has 1 N–H and O–H groups in total. The first-order chi connectivity index (χ1) is 16.7. The highest BCUT2D eigenvalue weighted by atomic mass is 19.1. The predicted molar refractivity (Wildman–Crippen MR) is 128 cm³/mol. The minimum absolute atomic E-state index is 0.0165. The maximum atomic E-state index is 14.8. The van der Waals surface area contributed by atoms with E-state index >= 15 is 0 Å². The fraction of sp³-hybridized carbons (Fsp3) is 0.577.